The van der Waals surface area contributed by atoms with Crippen molar-refractivity contribution in [2.24, 2.45) is 0 Å². The van der Waals surface area contributed by atoms with E-state index in [-0.39, 0.29) is 46.1 Å². The molecular weight excluding hydrogens is 702 g/mol. The first-order chi connectivity index (χ1) is 23.8. The maximum absolute atomic E-state index is 8.06. The Labute approximate surface area is 343 Å². The van der Waals surface area contributed by atoms with Gasteiger partial charge in [-0.15, -0.1) is 17.2 Å². The molecule has 51 heavy (non-hydrogen) atoms. The van der Waals surface area contributed by atoms with E-state index >= 15 is 0 Å². The summed E-state index contributed by atoms with van der Waals surface area (Å²) in [5.74, 6) is 0. The zero-order valence-corrected chi connectivity index (χ0v) is 41.0. The number of hydrogen-bond acceptors (Lipinski definition) is 4. The first kappa shape index (κ1) is 67.2. The Hall–Kier alpha value is 1.41. The molecule has 0 saturated carbocycles. The van der Waals surface area contributed by atoms with Crippen LogP contribution in [0, 0.1) is 0 Å². The minimum atomic E-state index is -0.167. The standard InChI is InChI=1S/2C16H35P.4C3H8O.Ti/c2*1-3-5-7-9-11-13-15-17-16-14-12-10-8-6-4-2;4*1-3(2)4;/h2*17H,3-16H2,1-2H3;4*3-4H,1-2H3;. The molecule has 0 aliphatic carbocycles. The first-order valence-electron chi connectivity index (χ1n) is 21.9. The molecule has 0 unspecified atom stereocenters. The summed E-state index contributed by atoms with van der Waals surface area (Å²) in [5, 5.41) is 32.2. The van der Waals surface area contributed by atoms with Crippen molar-refractivity contribution in [2.75, 3.05) is 24.6 Å². The second-order valence-electron chi connectivity index (χ2n) is 14.9. The van der Waals surface area contributed by atoms with Crippen LogP contribution in [0.4, 0.5) is 0 Å². The summed E-state index contributed by atoms with van der Waals surface area (Å²) in [5.41, 5.74) is 0. The van der Waals surface area contributed by atoms with Crippen LogP contribution in [0.5, 0.6) is 0 Å². The van der Waals surface area contributed by atoms with Crippen LogP contribution < -0.4 is 0 Å². The molecule has 0 rings (SSSR count). The number of aliphatic hydroxyl groups is 4. The van der Waals surface area contributed by atoms with Gasteiger partial charge in [-0.2, -0.15) is 0 Å². The van der Waals surface area contributed by atoms with Crippen LogP contribution in [0.25, 0.3) is 0 Å². The molecule has 0 amide bonds. The fourth-order valence-corrected chi connectivity index (χ4v) is 6.87. The van der Waals surface area contributed by atoms with Crippen LogP contribution in [-0.4, -0.2) is 69.5 Å². The number of unbranched alkanes of at least 4 members (excludes halogenated alkanes) is 20. The summed E-state index contributed by atoms with van der Waals surface area (Å²) in [6.07, 6.45) is 40.4. The van der Waals surface area contributed by atoms with E-state index in [9.17, 15) is 0 Å². The molecule has 0 heterocycles. The smallest absolute Gasteiger partial charge is 0.0483 e. The largest absolute Gasteiger partial charge is 0.394 e. The van der Waals surface area contributed by atoms with Crippen molar-refractivity contribution in [3.8, 4) is 0 Å². The van der Waals surface area contributed by atoms with Gasteiger partial charge >= 0.3 is 0 Å². The van der Waals surface area contributed by atoms with E-state index in [4.69, 9.17) is 20.4 Å². The summed E-state index contributed by atoms with van der Waals surface area (Å²) < 4.78 is 0. The Morgan fingerprint density at radius 3 is 0.529 bits per heavy atom. The van der Waals surface area contributed by atoms with Crippen LogP contribution in [0.1, 0.15) is 237 Å². The second kappa shape index (κ2) is 69.3. The Balaban J connectivity index is -0.000000105. The molecule has 0 aromatic carbocycles. The van der Waals surface area contributed by atoms with Gasteiger partial charge in [0.2, 0.25) is 0 Å². The van der Waals surface area contributed by atoms with E-state index in [0.717, 1.165) is 0 Å². The van der Waals surface area contributed by atoms with E-state index in [1.165, 1.54) is 196 Å². The van der Waals surface area contributed by atoms with Gasteiger partial charge in [0, 0.05) is 46.1 Å². The molecule has 316 valence electrons. The fourth-order valence-electron chi connectivity index (χ4n) is 4.37. The first-order valence-corrected chi connectivity index (χ1v) is 24.7. The number of aliphatic hydroxyl groups excluding tert-OH is 4. The SMILES string of the molecule is CC(C)O.CC(C)O.CC(C)O.CC(C)O.CCCCCCCCPCCCCCCCC.CCCCCCCCPCCCCCCCC.[Ti]. The topological polar surface area (TPSA) is 80.9 Å². The van der Waals surface area contributed by atoms with Crippen LogP contribution in [0.15, 0.2) is 0 Å². The molecule has 0 saturated heterocycles. The normalized spacial score (nSPS) is 10.1. The maximum atomic E-state index is 8.06. The molecule has 7 heteroatoms. The molecule has 0 aromatic heterocycles. The van der Waals surface area contributed by atoms with Gasteiger partial charge in [0.15, 0.2) is 0 Å². The van der Waals surface area contributed by atoms with Crippen molar-refractivity contribution in [1.82, 2.24) is 0 Å². The Kier molecular flexibility index (Phi) is 91.3. The summed E-state index contributed by atoms with van der Waals surface area (Å²) in [4.78, 5) is 0. The van der Waals surface area contributed by atoms with Crippen molar-refractivity contribution in [2.45, 2.75) is 262 Å². The molecule has 0 bridgehead atoms. The molecule has 0 aliphatic heterocycles. The van der Waals surface area contributed by atoms with Gasteiger partial charge in [0.25, 0.3) is 0 Å². The van der Waals surface area contributed by atoms with E-state index < -0.39 is 0 Å². The van der Waals surface area contributed by atoms with Crippen molar-refractivity contribution in [3.63, 3.8) is 0 Å². The van der Waals surface area contributed by atoms with Crippen molar-refractivity contribution >= 4 is 17.2 Å². The molecule has 0 aromatic rings. The summed E-state index contributed by atoms with van der Waals surface area (Å²) in [6, 6.07) is 0. The van der Waals surface area contributed by atoms with Crippen LogP contribution in [0.2, 0.25) is 0 Å². The van der Waals surface area contributed by atoms with E-state index in [0.29, 0.717) is 0 Å². The Morgan fingerprint density at radius 2 is 0.392 bits per heavy atom. The zero-order valence-electron chi connectivity index (χ0n) is 37.4. The number of hydrogen-bond donors (Lipinski definition) is 4. The summed E-state index contributed by atoms with van der Waals surface area (Å²) >= 11 is 0. The molecule has 0 fully saturated rings. The number of rotatable bonds is 28. The van der Waals surface area contributed by atoms with E-state index in [1.54, 1.807) is 55.4 Å². The fraction of sp³-hybridized carbons (Fsp3) is 1.00. The van der Waals surface area contributed by atoms with Crippen LogP contribution in [0.3, 0.4) is 0 Å². The molecule has 0 atom stereocenters. The van der Waals surface area contributed by atoms with Gasteiger partial charge in [-0.3, -0.25) is 0 Å². The van der Waals surface area contributed by atoms with E-state index in [2.05, 4.69) is 27.7 Å². The second-order valence-corrected chi connectivity index (χ2v) is 17.9. The van der Waals surface area contributed by atoms with Crippen molar-refractivity contribution in [3.05, 3.63) is 0 Å². The van der Waals surface area contributed by atoms with Gasteiger partial charge < -0.3 is 20.4 Å². The predicted octanol–water partition coefficient (Wildman–Crippen LogP) is 14.3. The maximum Gasteiger partial charge on any atom is 0.0483 e. The predicted molar refractivity (Wildman–Crippen MR) is 239 cm³/mol. The molecule has 0 spiro atoms. The van der Waals surface area contributed by atoms with Crippen LogP contribution >= 0.6 is 17.2 Å². The third-order valence-corrected chi connectivity index (χ3v) is 9.66. The van der Waals surface area contributed by atoms with Gasteiger partial charge in [0.05, 0.1) is 0 Å². The molecule has 0 aliphatic rings. The molecule has 4 N–H and O–H groups in total. The van der Waals surface area contributed by atoms with Crippen molar-refractivity contribution in [1.29, 1.82) is 0 Å². The Morgan fingerprint density at radius 1 is 0.275 bits per heavy atom. The third kappa shape index (κ3) is 145. The summed E-state index contributed by atoms with van der Waals surface area (Å²) in [6.45, 7) is 23.0. The van der Waals surface area contributed by atoms with Gasteiger partial charge in [0.1, 0.15) is 0 Å². The van der Waals surface area contributed by atoms with Crippen molar-refractivity contribution < 1.29 is 42.1 Å². The van der Waals surface area contributed by atoms with Gasteiger partial charge in [-0.05, 0) is 106 Å². The molecule has 0 radical (unpaired) electrons. The zero-order chi connectivity index (χ0) is 39.5. The quantitative estimate of drug-likeness (QED) is 0.0361. The molecule has 4 nitrogen and oxygen atoms in total. The van der Waals surface area contributed by atoms with E-state index in [1.807, 2.05) is 0 Å². The minimum absolute atomic E-state index is 0. The summed E-state index contributed by atoms with van der Waals surface area (Å²) in [7, 11) is 2.51. The minimum Gasteiger partial charge on any atom is -0.394 e. The van der Waals surface area contributed by atoms with Crippen LogP contribution in [-0.2, 0) is 21.7 Å². The Bertz CT molecular complexity index is 391. The third-order valence-electron chi connectivity index (χ3n) is 6.83. The molecular formula is C44H102O4P2Ti. The average molecular weight is 805 g/mol. The van der Waals surface area contributed by atoms with Gasteiger partial charge in [-0.25, -0.2) is 0 Å². The monoisotopic (exact) mass is 805 g/mol. The average Bonchev–Trinajstić information content (AvgIpc) is 3.01. The van der Waals surface area contributed by atoms with Gasteiger partial charge in [-0.1, -0.05) is 156 Å².